The highest BCUT2D eigenvalue weighted by molar-refractivity contribution is 5.26. The lowest BCUT2D eigenvalue weighted by molar-refractivity contribution is 0.214. The monoisotopic (exact) mass is 193 g/mol. The normalized spacial score (nSPS) is 18.9. The zero-order chi connectivity index (χ0) is 10.8. The molecule has 1 unspecified atom stereocenters. The molecule has 0 aromatic rings. The fourth-order valence-corrected chi connectivity index (χ4v) is 2.03. The van der Waals surface area contributed by atoms with Gasteiger partial charge in [0.1, 0.15) is 0 Å². The maximum atomic E-state index is 2.33. The molecule has 0 bridgehead atoms. The number of hydrogen-bond donors (Lipinski definition) is 0. The third-order valence-electron chi connectivity index (χ3n) is 2.84. The molecule has 80 valence electrons. The summed E-state index contributed by atoms with van der Waals surface area (Å²) in [4.78, 5) is 2.29. The molecular weight excluding hydrogens is 170 g/mol. The molecule has 0 fully saturated rings. The van der Waals surface area contributed by atoms with Gasteiger partial charge in [-0.1, -0.05) is 44.6 Å². The van der Waals surface area contributed by atoms with Crippen LogP contribution in [-0.2, 0) is 0 Å². The summed E-state index contributed by atoms with van der Waals surface area (Å²) in [5.41, 5.74) is 1.95. The van der Waals surface area contributed by atoms with Crippen LogP contribution in [0.4, 0.5) is 0 Å². The number of hydrogen-bond acceptors (Lipinski definition) is 1. The molecule has 1 aliphatic rings. The topological polar surface area (TPSA) is 3.24 Å². The smallest absolute Gasteiger partial charge is 0.00462 e. The fourth-order valence-electron chi connectivity index (χ4n) is 2.03. The standard InChI is InChI=1S/C13H23N/c1-13(2,3)12(10-14(4)5)11-8-6-7-9-11/h6-8,12H,9-10H2,1-5H3. The Hall–Kier alpha value is -0.560. The third-order valence-corrected chi connectivity index (χ3v) is 2.84. The second kappa shape index (κ2) is 4.31. The summed E-state index contributed by atoms with van der Waals surface area (Å²) in [7, 11) is 4.31. The summed E-state index contributed by atoms with van der Waals surface area (Å²) in [6.07, 6.45) is 7.88. The van der Waals surface area contributed by atoms with Crippen molar-refractivity contribution in [2.45, 2.75) is 27.2 Å². The minimum absolute atomic E-state index is 0.363. The quantitative estimate of drug-likeness (QED) is 0.665. The van der Waals surface area contributed by atoms with Gasteiger partial charge in [-0.25, -0.2) is 0 Å². The molecule has 1 atom stereocenters. The van der Waals surface area contributed by atoms with Crippen LogP contribution in [0.5, 0.6) is 0 Å². The molecule has 1 rings (SSSR count). The second-order valence-electron chi connectivity index (χ2n) is 5.55. The van der Waals surface area contributed by atoms with E-state index in [-0.39, 0.29) is 0 Å². The molecule has 1 heteroatoms. The van der Waals surface area contributed by atoms with Crippen molar-refractivity contribution < 1.29 is 0 Å². The Labute approximate surface area is 88.5 Å². The molecule has 0 radical (unpaired) electrons. The summed E-state index contributed by atoms with van der Waals surface area (Å²) in [6, 6.07) is 0. The minimum Gasteiger partial charge on any atom is -0.309 e. The van der Waals surface area contributed by atoms with E-state index >= 15 is 0 Å². The predicted octanol–water partition coefficient (Wildman–Crippen LogP) is 3.10. The van der Waals surface area contributed by atoms with Gasteiger partial charge in [0.25, 0.3) is 0 Å². The first-order valence-electron chi connectivity index (χ1n) is 5.41. The van der Waals surface area contributed by atoms with Crippen LogP contribution in [-0.4, -0.2) is 25.5 Å². The zero-order valence-electron chi connectivity index (χ0n) is 10.2. The van der Waals surface area contributed by atoms with Gasteiger partial charge in [-0.3, -0.25) is 0 Å². The summed E-state index contributed by atoms with van der Waals surface area (Å²) < 4.78 is 0. The average Bonchev–Trinajstić information content (AvgIpc) is 2.49. The van der Waals surface area contributed by atoms with Gasteiger partial charge in [0.15, 0.2) is 0 Å². The highest BCUT2D eigenvalue weighted by Crippen LogP contribution is 2.35. The molecule has 0 spiro atoms. The molecular formula is C13H23N. The van der Waals surface area contributed by atoms with Gasteiger partial charge in [0.2, 0.25) is 0 Å². The lowest BCUT2D eigenvalue weighted by Gasteiger charge is -2.34. The van der Waals surface area contributed by atoms with Crippen LogP contribution in [0.2, 0.25) is 0 Å². The van der Waals surface area contributed by atoms with Crippen LogP contribution < -0.4 is 0 Å². The van der Waals surface area contributed by atoms with Gasteiger partial charge in [-0.15, -0.1) is 0 Å². The Morgan fingerprint density at radius 1 is 1.36 bits per heavy atom. The van der Waals surface area contributed by atoms with Gasteiger partial charge in [0.05, 0.1) is 0 Å². The Kier molecular flexibility index (Phi) is 3.54. The SMILES string of the molecule is CN(C)CC(C1=CC=CC1)C(C)(C)C. The fraction of sp³-hybridized carbons (Fsp3) is 0.692. The summed E-state index contributed by atoms with van der Waals surface area (Å²) in [6.45, 7) is 8.15. The molecule has 1 nitrogen and oxygen atoms in total. The van der Waals surface area contributed by atoms with Crippen molar-refractivity contribution in [1.82, 2.24) is 4.90 Å². The highest BCUT2D eigenvalue weighted by Gasteiger charge is 2.28. The van der Waals surface area contributed by atoms with E-state index in [9.17, 15) is 0 Å². The first-order valence-corrected chi connectivity index (χ1v) is 5.41. The van der Waals surface area contributed by atoms with Crippen molar-refractivity contribution in [3.05, 3.63) is 23.8 Å². The molecule has 14 heavy (non-hydrogen) atoms. The van der Waals surface area contributed by atoms with Crippen LogP contribution in [0.15, 0.2) is 23.8 Å². The Morgan fingerprint density at radius 2 is 2.00 bits per heavy atom. The Morgan fingerprint density at radius 3 is 2.36 bits per heavy atom. The number of nitrogens with zero attached hydrogens (tertiary/aromatic N) is 1. The molecule has 1 aliphatic carbocycles. The van der Waals surface area contributed by atoms with Crippen molar-refractivity contribution in [3.63, 3.8) is 0 Å². The van der Waals surface area contributed by atoms with Crippen LogP contribution in [0.3, 0.4) is 0 Å². The molecule has 0 aromatic heterocycles. The molecule has 0 aliphatic heterocycles. The lowest BCUT2D eigenvalue weighted by atomic mass is 9.75. The van der Waals surface area contributed by atoms with Gasteiger partial charge in [-0.05, 0) is 31.8 Å². The van der Waals surface area contributed by atoms with Crippen molar-refractivity contribution >= 4 is 0 Å². The zero-order valence-corrected chi connectivity index (χ0v) is 10.2. The van der Waals surface area contributed by atoms with Crippen LogP contribution in [0.1, 0.15) is 27.2 Å². The van der Waals surface area contributed by atoms with E-state index in [0.717, 1.165) is 13.0 Å². The van der Waals surface area contributed by atoms with E-state index in [1.54, 1.807) is 5.57 Å². The molecule has 0 saturated carbocycles. The molecule has 0 amide bonds. The molecule has 0 saturated heterocycles. The van der Waals surface area contributed by atoms with Gasteiger partial charge in [-0.2, -0.15) is 0 Å². The van der Waals surface area contributed by atoms with Gasteiger partial charge in [0, 0.05) is 6.54 Å². The number of rotatable bonds is 3. The van der Waals surface area contributed by atoms with Crippen LogP contribution in [0, 0.1) is 11.3 Å². The summed E-state index contributed by atoms with van der Waals surface area (Å²) >= 11 is 0. The maximum absolute atomic E-state index is 2.33. The highest BCUT2D eigenvalue weighted by atomic mass is 15.1. The van der Waals surface area contributed by atoms with Crippen molar-refractivity contribution in [1.29, 1.82) is 0 Å². The predicted molar refractivity (Wildman–Crippen MR) is 63.3 cm³/mol. The summed E-state index contributed by atoms with van der Waals surface area (Å²) in [5.74, 6) is 0.674. The first kappa shape index (κ1) is 11.5. The summed E-state index contributed by atoms with van der Waals surface area (Å²) in [5, 5.41) is 0. The van der Waals surface area contributed by atoms with E-state index in [0.29, 0.717) is 11.3 Å². The van der Waals surface area contributed by atoms with Crippen molar-refractivity contribution in [3.8, 4) is 0 Å². The van der Waals surface area contributed by atoms with E-state index in [1.807, 2.05) is 0 Å². The van der Waals surface area contributed by atoms with E-state index in [2.05, 4.69) is 58.0 Å². The second-order valence-corrected chi connectivity index (χ2v) is 5.55. The van der Waals surface area contributed by atoms with E-state index in [4.69, 9.17) is 0 Å². The largest absolute Gasteiger partial charge is 0.309 e. The molecule has 0 N–H and O–H groups in total. The van der Waals surface area contributed by atoms with Crippen LogP contribution in [0.25, 0.3) is 0 Å². The molecule has 0 aromatic carbocycles. The Balaban J connectivity index is 2.72. The van der Waals surface area contributed by atoms with Crippen molar-refractivity contribution in [2.24, 2.45) is 11.3 Å². The lowest BCUT2D eigenvalue weighted by Crippen LogP contribution is -2.32. The number of allylic oxidation sites excluding steroid dienone is 3. The minimum atomic E-state index is 0.363. The van der Waals surface area contributed by atoms with Gasteiger partial charge < -0.3 is 4.90 Å². The third kappa shape index (κ3) is 2.98. The average molecular weight is 193 g/mol. The molecule has 0 heterocycles. The van der Waals surface area contributed by atoms with Crippen molar-refractivity contribution in [2.75, 3.05) is 20.6 Å². The van der Waals surface area contributed by atoms with Crippen LogP contribution >= 0.6 is 0 Å². The van der Waals surface area contributed by atoms with E-state index < -0.39 is 0 Å². The maximum Gasteiger partial charge on any atom is 0.00462 e. The first-order chi connectivity index (χ1) is 6.41. The van der Waals surface area contributed by atoms with Gasteiger partial charge >= 0.3 is 0 Å². The van der Waals surface area contributed by atoms with E-state index in [1.165, 1.54) is 0 Å². The Bertz CT molecular complexity index is 240.